The second kappa shape index (κ2) is 6.64. The fourth-order valence-corrected chi connectivity index (χ4v) is 1.83. The van der Waals surface area contributed by atoms with Crippen molar-refractivity contribution in [3.63, 3.8) is 0 Å². The van der Waals surface area contributed by atoms with Gasteiger partial charge in [0, 0.05) is 25.5 Å². The lowest BCUT2D eigenvalue weighted by Gasteiger charge is -2.18. The molecule has 0 bridgehead atoms. The van der Waals surface area contributed by atoms with Gasteiger partial charge in [-0.25, -0.2) is 4.79 Å². The van der Waals surface area contributed by atoms with E-state index in [2.05, 4.69) is 15.6 Å². The number of hydrogen-bond donors (Lipinski definition) is 4. The lowest BCUT2D eigenvalue weighted by molar-refractivity contribution is -0.118. The highest BCUT2D eigenvalue weighted by atomic mass is 16.4. The zero-order chi connectivity index (χ0) is 17.0. The van der Waals surface area contributed by atoms with E-state index in [-0.39, 0.29) is 11.6 Å². The van der Waals surface area contributed by atoms with Crippen LogP contribution in [0.15, 0.2) is 30.6 Å². The highest BCUT2D eigenvalue weighted by Crippen LogP contribution is 2.11. The molecule has 2 aromatic heterocycles. The molecule has 1 atom stereocenters. The summed E-state index contributed by atoms with van der Waals surface area (Å²) >= 11 is 0. The van der Waals surface area contributed by atoms with Crippen LogP contribution in [-0.2, 0) is 4.79 Å². The third-order valence-electron chi connectivity index (χ3n) is 3.07. The van der Waals surface area contributed by atoms with Crippen molar-refractivity contribution in [3.05, 3.63) is 36.3 Å². The standard InChI is InChI=1S/C13H16N6O4/c1-8(15-13(22)23)11(20)17-19-7-3-4-9(19)12(21)18(2)10-5-6-14-16-10/h3-8,15H,1-2H3,(H,14,16)(H,17,20)(H,22,23). The number of aromatic nitrogens is 3. The number of nitrogens with zero attached hydrogens (tertiary/aromatic N) is 3. The van der Waals surface area contributed by atoms with Crippen molar-refractivity contribution < 1.29 is 19.5 Å². The molecule has 0 aliphatic carbocycles. The molecular weight excluding hydrogens is 304 g/mol. The van der Waals surface area contributed by atoms with Crippen molar-refractivity contribution in [1.82, 2.24) is 20.2 Å². The lowest BCUT2D eigenvalue weighted by Crippen LogP contribution is -2.44. The maximum Gasteiger partial charge on any atom is 0.405 e. The molecule has 10 nitrogen and oxygen atoms in total. The van der Waals surface area contributed by atoms with Gasteiger partial charge in [-0.1, -0.05) is 0 Å². The topological polar surface area (TPSA) is 132 Å². The number of carbonyl (C=O) groups is 3. The van der Waals surface area contributed by atoms with E-state index in [0.717, 1.165) is 0 Å². The maximum atomic E-state index is 12.4. The normalized spacial score (nSPS) is 11.6. The number of carbonyl (C=O) groups excluding carboxylic acids is 2. The molecule has 4 N–H and O–H groups in total. The maximum absolute atomic E-state index is 12.4. The monoisotopic (exact) mass is 320 g/mol. The summed E-state index contributed by atoms with van der Waals surface area (Å²) in [6.45, 7) is 1.39. The first kappa shape index (κ1) is 16.1. The Bertz CT molecular complexity index is 708. The van der Waals surface area contributed by atoms with Gasteiger partial charge in [0.1, 0.15) is 11.7 Å². The molecule has 23 heavy (non-hydrogen) atoms. The minimum Gasteiger partial charge on any atom is -0.465 e. The molecule has 2 heterocycles. The molecule has 0 aliphatic heterocycles. The van der Waals surface area contributed by atoms with E-state index >= 15 is 0 Å². The van der Waals surface area contributed by atoms with E-state index < -0.39 is 18.0 Å². The van der Waals surface area contributed by atoms with E-state index in [1.165, 1.54) is 28.8 Å². The summed E-state index contributed by atoms with van der Waals surface area (Å²) in [6, 6.07) is 3.77. The average molecular weight is 320 g/mol. The summed E-state index contributed by atoms with van der Waals surface area (Å²) in [5.74, 6) is -0.559. The van der Waals surface area contributed by atoms with E-state index in [9.17, 15) is 14.4 Å². The second-order valence-corrected chi connectivity index (χ2v) is 4.71. The van der Waals surface area contributed by atoms with E-state index in [4.69, 9.17) is 5.11 Å². The van der Waals surface area contributed by atoms with E-state index in [0.29, 0.717) is 5.82 Å². The Kier molecular flexibility index (Phi) is 4.64. The van der Waals surface area contributed by atoms with E-state index in [1.54, 1.807) is 25.4 Å². The lowest BCUT2D eigenvalue weighted by atomic mass is 10.3. The van der Waals surface area contributed by atoms with Crippen LogP contribution >= 0.6 is 0 Å². The van der Waals surface area contributed by atoms with Gasteiger partial charge in [0.2, 0.25) is 0 Å². The molecule has 0 saturated carbocycles. The number of hydrogen-bond acceptors (Lipinski definition) is 4. The number of aromatic amines is 1. The third-order valence-corrected chi connectivity index (χ3v) is 3.07. The minimum atomic E-state index is -1.31. The molecule has 122 valence electrons. The average Bonchev–Trinajstić information content (AvgIpc) is 3.16. The molecule has 0 saturated heterocycles. The van der Waals surface area contributed by atoms with Crippen LogP contribution < -0.4 is 15.6 Å². The Morgan fingerprint density at radius 1 is 1.39 bits per heavy atom. The summed E-state index contributed by atoms with van der Waals surface area (Å²) in [5.41, 5.74) is 2.65. The van der Waals surface area contributed by atoms with Crippen molar-refractivity contribution in [3.8, 4) is 0 Å². The number of carboxylic acid groups (broad SMARTS) is 1. The van der Waals surface area contributed by atoms with E-state index in [1.807, 2.05) is 5.32 Å². The largest absolute Gasteiger partial charge is 0.465 e. The van der Waals surface area contributed by atoms with Crippen LogP contribution in [-0.4, -0.2) is 51.0 Å². The molecule has 0 spiro atoms. The first-order valence-corrected chi connectivity index (χ1v) is 6.65. The number of H-pyrrole nitrogens is 1. The Hall–Kier alpha value is -3.30. The summed E-state index contributed by atoms with van der Waals surface area (Å²) < 4.78 is 1.23. The Balaban J connectivity index is 2.11. The fraction of sp³-hybridized carbons (Fsp3) is 0.231. The smallest absolute Gasteiger partial charge is 0.405 e. The summed E-state index contributed by atoms with van der Waals surface area (Å²) in [5, 5.41) is 17.2. The number of amides is 3. The molecule has 10 heteroatoms. The zero-order valence-electron chi connectivity index (χ0n) is 12.5. The van der Waals surface area contributed by atoms with Crippen LogP contribution in [0.2, 0.25) is 0 Å². The second-order valence-electron chi connectivity index (χ2n) is 4.71. The summed E-state index contributed by atoms with van der Waals surface area (Å²) in [6.07, 6.45) is 1.76. The highest BCUT2D eigenvalue weighted by molar-refractivity contribution is 6.04. The first-order chi connectivity index (χ1) is 10.9. The van der Waals surface area contributed by atoms with Crippen molar-refractivity contribution >= 4 is 23.7 Å². The first-order valence-electron chi connectivity index (χ1n) is 6.65. The van der Waals surface area contributed by atoms with Gasteiger partial charge >= 0.3 is 6.09 Å². The molecular formula is C13H16N6O4. The van der Waals surface area contributed by atoms with Crippen molar-refractivity contribution in [2.45, 2.75) is 13.0 Å². The molecule has 3 amide bonds. The molecule has 0 aromatic carbocycles. The van der Waals surface area contributed by atoms with Gasteiger partial charge in [-0.2, -0.15) is 5.10 Å². The van der Waals surface area contributed by atoms with Crippen LogP contribution in [0.4, 0.5) is 10.6 Å². The molecule has 2 aromatic rings. The van der Waals surface area contributed by atoms with Crippen molar-refractivity contribution in [2.75, 3.05) is 17.4 Å². The van der Waals surface area contributed by atoms with Crippen LogP contribution in [0.25, 0.3) is 0 Å². The summed E-state index contributed by atoms with van der Waals surface area (Å²) in [7, 11) is 1.55. The Morgan fingerprint density at radius 3 is 2.74 bits per heavy atom. The van der Waals surface area contributed by atoms with Gasteiger partial charge in [-0.05, 0) is 19.1 Å². The molecule has 0 radical (unpaired) electrons. The van der Waals surface area contributed by atoms with Crippen molar-refractivity contribution in [2.24, 2.45) is 0 Å². The fourth-order valence-electron chi connectivity index (χ4n) is 1.83. The predicted molar refractivity (Wildman–Crippen MR) is 80.7 cm³/mol. The summed E-state index contributed by atoms with van der Waals surface area (Å²) in [4.78, 5) is 36.2. The minimum absolute atomic E-state index is 0.200. The zero-order valence-corrected chi connectivity index (χ0v) is 12.5. The Morgan fingerprint density at radius 2 is 2.13 bits per heavy atom. The van der Waals surface area contributed by atoms with Crippen LogP contribution in [0.5, 0.6) is 0 Å². The predicted octanol–water partition coefficient (Wildman–Crippen LogP) is 0.214. The molecule has 1 unspecified atom stereocenters. The number of anilines is 1. The van der Waals surface area contributed by atoms with Gasteiger partial charge in [0.25, 0.3) is 11.8 Å². The van der Waals surface area contributed by atoms with Crippen LogP contribution in [0.3, 0.4) is 0 Å². The third kappa shape index (κ3) is 3.67. The van der Waals surface area contributed by atoms with Crippen molar-refractivity contribution in [1.29, 1.82) is 0 Å². The quantitative estimate of drug-likeness (QED) is 0.625. The molecule has 0 fully saturated rings. The Labute approximate surface area is 131 Å². The van der Waals surface area contributed by atoms with Gasteiger partial charge < -0.3 is 10.4 Å². The SMILES string of the molecule is CC(NC(=O)O)C(=O)Nn1cccc1C(=O)N(C)c1cc[nH]n1. The number of rotatable bonds is 5. The van der Waals surface area contributed by atoms with Gasteiger partial charge in [-0.3, -0.25) is 29.7 Å². The molecule has 2 rings (SSSR count). The van der Waals surface area contributed by atoms with Gasteiger partial charge in [0.15, 0.2) is 5.82 Å². The molecule has 0 aliphatic rings. The van der Waals surface area contributed by atoms with Gasteiger partial charge in [-0.15, -0.1) is 0 Å². The van der Waals surface area contributed by atoms with Gasteiger partial charge in [0.05, 0.1) is 0 Å². The number of nitrogens with one attached hydrogen (secondary N) is 3. The highest BCUT2D eigenvalue weighted by Gasteiger charge is 2.21. The van der Waals surface area contributed by atoms with Crippen LogP contribution in [0.1, 0.15) is 17.4 Å². The van der Waals surface area contributed by atoms with Crippen LogP contribution in [0, 0.1) is 0 Å².